The van der Waals surface area contributed by atoms with Crippen molar-refractivity contribution in [1.82, 2.24) is 10.2 Å². The molecule has 0 aromatic carbocycles. The average molecular weight is 304 g/mol. The minimum Gasteiger partial charge on any atom is -0.480 e. The molecule has 2 fully saturated rings. The third kappa shape index (κ3) is 3.92. The van der Waals surface area contributed by atoms with E-state index in [2.05, 4.69) is 5.32 Å². The Morgan fingerprint density at radius 2 is 2.05 bits per heavy atom. The zero-order chi connectivity index (χ0) is 14.8. The Bertz CT molecular complexity index is 484. The van der Waals surface area contributed by atoms with Crippen LogP contribution < -0.4 is 5.32 Å². The van der Waals surface area contributed by atoms with Crippen molar-refractivity contribution in [3.63, 3.8) is 0 Å². The Balaban J connectivity index is 2.02. The molecule has 2 unspecified atom stereocenters. The lowest BCUT2D eigenvalue weighted by molar-refractivity contribution is -0.146. The van der Waals surface area contributed by atoms with Crippen LogP contribution in [0.5, 0.6) is 0 Å². The molecular formula is C12H20N2O5S. The number of hydrogen-bond acceptors (Lipinski definition) is 5. The van der Waals surface area contributed by atoms with Gasteiger partial charge in [-0.1, -0.05) is 0 Å². The van der Waals surface area contributed by atoms with E-state index in [9.17, 15) is 18.0 Å². The highest BCUT2D eigenvalue weighted by molar-refractivity contribution is 7.91. The predicted molar refractivity (Wildman–Crippen MR) is 72.0 cm³/mol. The fourth-order valence-corrected chi connectivity index (χ4v) is 4.57. The first-order valence-electron chi connectivity index (χ1n) is 6.80. The maximum absolute atomic E-state index is 12.3. The number of carbonyl (C=O) groups excluding carboxylic acids is 1. The molecule has 0 radical (unpaired) electrons. The van der Waals surface area contributed by atoms with E-state index in [-0.39, 0.29) is 29.8 Å². The smallest absolute Gasteiger partial charge is 0.323 e. The second-order valence-corrected chi connectivity index (χ2v) is 7.76. The number of amides is 1. The third-order valence-corrected chi connectivity index (χ3v) is 5.65. The third-order valence-electron chi connectivity index (χ3n) is 3.90. The van der Waals surface area contributed by atoms with Crippen LogP contribution in [-0.2, 0) is 19.4 Å². The number of carboxylic acid groups (broad SMARTS) is 1. The quantitative estimate of drug-likeness (QED) is 0.681. The lowest BCUT2D eigenvalue weighted by atomic mass is 10.0. The Morgan fingerprint density at radius 1 is 1.30 bits per heavy atom. The van der Waals surface area contributed by atoms with Crippen molar-refractivity contribution in [3.05, 3.63) is 0 Å². The van der Waals surface area contributed by atoms with Gasteiger partial charge in [0.15, 0.2) is 9.84 Å². The van der Waals surface area contributed by atoms with Crippen LogP contribution in [0.25, 0.3) is 0 Å². The SMILES string of the molecule is O=C(O)CN(C(=O)CC1CCNC1)C1CCS(=O)(=O)C1. The van der Waals surface area contributed by atoms with Crippen LogP contribution in [-0.4, -0.2) is 67.5 Å². The largest absolute Gasteiger partial charge is 0.480 e. The summed E-state index contributed by atoms with van der Waals surface area (Å²) in [5.74, 6) is -1.21. The standard InChI is InChI=1S/C12H20N2O5S/c15-11(5-9-1-3-13-6-9)14(7-12(16)17)10-2-4-20(18,19)8-10/h9-10,13H,1-8H2,(H,16,17). The normalized spacial score (nSPS) is 28.4. The monoisotopic (exact) mass is 304 g/mol. The first-order valence-corrected chi connectivity index (χ1v) is 8.62. The van der Waals surface area contributed by atoms with E-state index in [1.807, 2.05) is 0 Å². The molecule has 2 aliphatic heterocycles. The summed E-state index contributed by atoms with van der Waals surface area (Å²) in [5, 5.41) is 12.1. The van der Waals surface area contributed by atoms with Gasteiger partial charge in [0.2, 0.25) is 5.91 Å². The summed E-state index contributed by atoms with van der Waals surface area (Å²) in [6, 6.07) is -0.488. The van der Waals surface area contributed by atoms with Gasteiger partial charge < -0.3 is 15.3 Å². The molecule has 7 nitrogen and oxygen atoms in total. The minimum absolute atomic E-state index is 0.0338. The van der Waals surface area contributed by atoms with Crippen LogP contribution >= 0.6 is 0 Å². The van der Waals surface area contributed by atoms with Gasteiger partial charge in [0.05, 0.1) is 11.5 Å². The molecule has 2 rings (SSSR count). The van der Waals surface area contributed by atoms with Crippen LogP contribution in [0.2, 0.25) is 0 Å². The van der Waals surface area contributed by atoms with Crippen LogP contribution in [0.15, 0.2) is 0 Å². The summed E-state index contributed by atoms with van der Waals surface area (Å²) >= 11 is 0. The van der Waals surface area contributed by atoms with Gasteiger partial charge in [-0.15, -0.1) is 0 Å². The molecular weight excluding hydrogens is 284 g/mol. The van der Waals surface area contributed by atoms with Crippen LogP contribution in [0.3, 0.4) is 0 Å². The number of carboxylic acids is 1. The van der Waals surface area contributed by atoms with Gasteiger partial charge in [-0.25, -0.2) is 8.42 Å². The van der Waals surface area contributed by atoms with Gasteiger partial charge in [0, 0.05) is 12.5 Å². The zero-order valence-electron chi connectivity index (χ0n) is 11.2. The van der Waals surface area contributed by atoms with E-state index in [1.54, 1.807) is 0 Å². The molecule has 0 bridgehead atoms. The lowest BCUT2D eigenvalue weighted by Crippen LogP contribution is -2.44. The summed E-state index contributed by atoms with van der Waals surface area (Å²) in [6.45, 7) is 1.21. The second kappa shape index (κ2) is 6.09. The molecule has 0 aromatic rings. The summed E-state index contributed by atoms with van der Waals surface area (Å²) in [6.07, 6.45) is 1.52. The molecule has 2 saturated heterocycles. The fraction of sp³-hybridized carbons (Fsp3) is 0.833. The van der Waals surface area contributed by atoms with Crippen molar-refractivity contribution in [2.45, 2.75) is 25.3 Å². The Kier molecular flexibility index (Phi) is 4.64. The number of nitrogens with zero attached hydrogens (tertiary/aromatic N) is 1. The number of hydrogen-bond donors (Lipinski definition) is 2. The minimum atomic E-state index is -3.14. The number of nitrogens with one attached hydrogen (secondary N) is 1. The van der Waals surface area contributed by atoms with Gasteiger partial charge in [-0.05, 0) is 31.8 Å². The first-order chi connectivity index (χ1) is 9.37. The summed E-state index contributed by atoms with van der Waals surface area (Å²) in [7, 11) is -3.14. The molecule has 2 aliphatic rings. The first kappa shape index (κ1) is 15.2. The van der Waals surface area contributed by atoms with E-state index in [4.69, 9.17) is 5.11 Å². The fourth-order valence-electron chi connectivity index (χ4n) is 2.84. The summed E-state index contributed by atoms with van der Waals surface area (Å²) in [4.78, 5) is 24.4. The van der Waals surface area contributed by atoms with Crippen molar-refractivity contribution >= 4 is 21.7 Å². The molecule has 2 N–H and O–H groups in total. The van der Waals surface area contributed by atoms with Gasteiger partial charge >= 0.3 is 5.97 Å². The molecule has 0 aromatic heterocycles. The zero-order valence-corrected chi connectivity index (χ0v) is 12.1. The highest BCUT2D eigenvalue weighted by Gasteiger charge is 2.36. The van der Waals surface area contributed by atoms with Gasteiger partial charge in [0.25, 0.3) is 0 Å². The van der Waals surface area contributed by atoms with E-state index >= 15 is 0 Å². The molecule has 2 atom stereocenters. The molecule has 8 heteroatoms. The van der Waals surface area contributed by atoms with Crippen LogP contribution in [0.4, 0.5) is 0 Å². The molecule has 0 saturated carbocycles. The predicted octanol–water partition coefficient (Wildman–Crippen LogP) is -0.914. The van der Waals surface area contributed by atoms with E-state index in [1.165, 1.54) is 4.90 Å². The van der Waals surface area contributed by atoms with Gasteiger partial charge in [0.1, 0.15) is 6.54 Å². The lowest BCUT2D eigenvalue weighted by Gasteiger charge is -2.27. The van der Waals surface area contributed by atoms with Crippen molar-refractivity contribution in [3.8, 4) is 0 Å². The topological polar surface area (TPSA) is 104 Å². The van der Waals surface area contributed by atoms with Crippen molar-refractivity contribution in [2.75, 3.05) is 31.1 Å². The van der Waals surface area contributed by atoms with Crippen LogP contribution in [0, 0.1) is 5.92 Å². The molecule has 1 amide bonds. The highest BCUT2D eigenvalue weighted by Crippen LogP contribution is 2.21. The highest BCUT2D eigenvalue weighted by atomic mass is 32.2. The number of rotatable bonds is 5. The number of sulfone groups is 1. The van der Waals surface area contributed by atoms with E-state index in [0.717, 1.165) is 19.5 Å². The Morgan fingerprint density at radius 3 is 2.55 bits per heavy atom. The van der Waals surface area contributed by atoms with Crippen molar-refractivity contribution in [1.29, 1.82) is 0 Å². The van der Waals surface area contributed by atoms with Crippen molar-refractivity contribution < 1.29 is 23.1 Å². The molecule has 0 aliphatic carbocycles. The maximum Gasteiger partial charge on any atom is 0.323 e. The van der Waals surface area contributed by atoms with E-state index in [0.29, 0.717) is 6.42 Å². The summed E-state index contributed by atoms with van der Waals surface area (Å²) < 4.78 is 23.0. The second-order valence-electron chi connectivity index (χ2n) is 5.54. The number of aliphatic carboxylic acids is 1. The Hall–Kier alpha value is -1.15. The number of carbonyl (C=O) groups is 2. The van der Waals surface area contributed by atoms with Gasteiger partial charge in [-0.2, -0.15) is 0 Å². The maximum atomic E-state index is 12.3. The van der Waals surface area contributed by atoms with Crippen molar-refractivity contribution in [2.24, 2.45) is 5.92 Å². The molecule has 2 heterocycles. The van der Waals surface area contributed by atoms with E-state index < -0.39 is 28.4 Å². The average Bonchev–Trinajstić information content (AvgIpc) is 2.95. The molecule has 0 spiro atoms. The molecule has 114 valence electrons. The van der Waals surface area contributed by atoms with Gasteiger partial charge in [-0.3, -0.25) is 9.59 Å². The van der Waals surface area contributed by atoms with Crippen LogP contribution in [0.1, 0.15) is 19.3 Å². The summed E-state index contributed by atoms with van der Waals surface area (Å²) in [5.41, 5.74) is 0. The molecule has 20 heavy (non-hydrogen) atoms. The Labute approximate surface area is 118 Å².